The Morgan fingerprint density at radius 1 is 1.44 bits per heavy atom. The Kier molecular flexibility index (Phi) is 5.36. The summed E-state index contributed by atoms with van der Waals surface area (Å²) in [6.45, 7) is 6.92. The number of benzene rings is 1. The summed E-state index contributed by atoms with van der Waals surface area (Å²) in [5.74, 6) is 0.819. The molecular formula is C12H16N2OS. The van der Waals surface area contributed by atoms with Gasteiger partial charge in [-0.3, -0.25) is 0 Å². The fourth-order valence-corrected chi connectivity index (χ4v) is 1.39. The van der Waals surface area contributed by atoms with Crippen LogP contribution in [0.1, 0.15) is 6.92 Å². The van der Waals surface area contributed by atoms with E-state index in [2.05, 4.69) is 17.2 Å². The summed E-state index contributed by atoms with van der Waals surface area (Å²) in [5, 5.41) is 6.72. The van der Waals surface area contributed by atoms with Crippen molar-refractivity contribution in [1.82, 2.24) is 5.32 Å². The van der Waals surface area contributed by atoms with Gasteiger partial charge in [0, 0.05) is 12.2 Å². The summed E-state index contributed by atoms with van der Waals surface area (Å²) in [4.78, 5) is 0. The molecule has 0 aliphatic carbocycles. The van der Waals surface area contributed by atoms with Crippen molar-refractivity contribution in [3.63, 3.8) is 0 Å². The van der Waals surface area contributed by atoms with Crippen LogP contribution in [-0.2, 0) is 0 Å². The number of nitrogens with one attached hydrogen (secondary N) is 2. The van der Waals surface area contributed by atoms with Crippen molar-refractivity contribution in [3.05, 3.63) is 36.9 Å². The van der Waals surface area contributed by atoms with Crippen molar-refractivity contribution in [1.29, 1.82) is 0 Å². The molecule has 0 fully saturated rings. The highest BCUT2D eigenvalue weighted by molar-refractivity contribution is 7.80. The molecule has 0 aromatic heterocycles. The molecule has 0 atom stereocenters. The van der Waals surface area contributed by atoms with Crippen LogP contribution in [0.25, 0.3) is 0 Å². The van der Waals surface area contributed by atoms with Gasteiger partial charge in [-0.15, -0.1) is 0 Å². The van der Waals surface area contributed by atoms with E-state index in [0.717, 1.165) is 18.0 Å². The lowest BCUT2D eigenvalue weighted by Crippen LogP contribution is -2.27. The predicted molar refractivity (Wildman–Crippen MR) is 72.0 cm³/mol. The summed E-state index contributed by atoms with van der Waals surface area (Å²) in [7, 11) is 0. The largest absolute Gasteiger partial charge is 0.490 e. The molecule has 0 amide bonds. The predicted octanol–water partition coefficient (Wildman–Crippen LogP) is 2.56. The van der Waals surface area contributed by atoms with Gasteiger partial charge in [0.2, 0.25) is 0 Å². The summed E-state index contributed by atoms with van der Waals surface area (Å²) in [6.07, 6.45) is 1.71. The smallest absolute Gasteiger partial charge is 0.170 e. The average molecular weight is 236 g/mol. The zero-order valence-electron chi connectivity index (χ0n) is 9.32. The Morgan fingerprint density at radius 2 is 2.12 bits per heavy atom. The Balaban J connectivity index is 2.50. The highest BCUT2D eigenvalue weighted by atomic mass is 32.1. The molecule has 0 aliphatic heterocycles. The van der Waals surface area contributed by atoms with Crippen molar-refractivity contribution in [2.45, 2.75) is 6.92 Å². The van der Waals surface area contributed by atoms with Crippen molar-refractivity contribution in [3.8, 4) is 5.75 Å². The van der Waals surface area contributed by atoms with Crippen LogP contribution in [0, 0.1) is 0 Å². The van der Waals surface area contributed by atoms with Crippen LogP contribution in [0.5, 0.6) is 5.75 Å². The van der Waals surface area contributed by atoms with Gasteiger partial charge in [-0.2, -0.15) is 0 Å². The second-order valence-electron chi connectivity index (χ2n) is 3.11. The Labute approximate surface area is 102 Å². The Hall–Kier alpha value is -1.55. The molecule has 0 spiro atoms. The first kappa shape index (κ1) is 12.5. The molecule has 4 heteroatoms. The van der Waals surface area contributed by atoms with Gasteiger partial charge in [0.05, 0.1) is 0 Å². The first-order valence-corrected chi connectivity index (χ1v) is 5.55. The van der Waals surface area contributed by atoms with E-state index >= 15 is 0 Å². The Bertz CT molecular complexity index is 349. The molecule has 3 nitrogen and oxygen atoms in total. The van der Waals surface area contributed by atoms with Crippen molar-refractivity contribution < 1.29 is 4.74 Å². The van der Waals surface area contributed by atoms with Crippen LogP contribution in [0.2, 0.25) is 0 Å². The molecule has 1 aromatic carbocycles. The fourth-order valence-electron chi connectivity index (χ4n) is 1.13. The first-order chi connectivity index (χ1) is 7.76. The molecule has 1 aromatic rings. The number of ether oxygens (including phenoxy) is 1. The SMILES string of the molecule is C=CCOc1ccc(NC(=S)NCC)cc1. The lowest BCUT2D eigenvalue weighted by atomic mass is 10.3. The van der Waals surface area contributed by atoms with E-state index in [4.69, 9.17) is 17.0 Å². The van der Waals surface area contributed by atoms with Gasteiger partial charge >= 0.3 is 0 Å². The second kappa shape index (κ2) is 6.85. The molecule has 2 N–H and O–H groups in total. The average Bonchev–Trinajstić information content (AvgIpc) is 2.28. The highest BCUT2D eigenvalue weighted by Gasteiger charge is 1.96. The van der Waals surface area contributed by atoms with E-state index < -0.39 is 0 Å². The molecule has 0 heterocycles. The summed E-state index contributed by atoms with van der Waals surface area (Å²) >= 11 is 5.07. The Morgan fingerprint density at radius 3 is 2.69 bits per heavy atom. The maximum Gasteiger partial charge on any atom is 0.170 e. The van der Waals surface area contributed by atoms with Crippen molar-refractivity contribution in [2.24, 2.45) is 0 Å². The van der Waals surface area contributed by atoms with Gasteiger partial charge in [0.1, 0.15) is 12.4 Å². The minimum Gasteiger partial charge on any atom is -0.490 e. The fraction of sp³-hybridized carbons (Fsp3) is 0.250. The summed E-state index contributed by atoms with van der Waals surface area (Å²) in [6, 6.07) is 7.62. The zero-order chi connectivity index (χ0) is 11.8. The first-order valence-electron chi connectivity index (χ1n) is 5.15. The van der Waals surface area contributed by atoms with Crippen LogP contribution in [0.3, 0.4) is 0 Å². The highest BCUT2D eigenvalue weighted by Crippen LogP contribution is 2.15. The van der Waals surface area contributed by atoms with Crippen LogP contribution < -0.4 is 15.4 Å². The number of thiocarbonyl (C=S) groups is 1. The number of hydrogen-bond acceptors (Lipinski definition) is 2. The van der Waals surface area contributed by atoms with Gasteiger partial charge in [-0.25, -0.2) is 0 Å². The third-order valence-electron chi connectivity index (χ3n) is 1.82. The lowest BCUT2D eigenvalue weighted by molar-refractivity contribution is 0.363. The number of rotatable bonds is 5. The number of anilines is 1. The zero-order valence-corrected chi connectivity index (χ0v) is 10.1. The third-order valence-corrected chi connectivity index (χ3v) is 2.06. The second-order valence-corrected chi connectivity index (χ2v) is 3.52. The minimum atomic E-state index is 0.516. The molecule has 0 aliphatic rings. The monoisotopic (exact) mass is 236 g/mol. The molecule has 0 saturated carbocycles. The molecule has 0 saturated heterocycles. The molecule has 0 bridgehead atoms. The topological polar surface area (TPSA) is 33.3 Å². The molecule has 86 valence electrons. The van der Waals surface area contributed by atoms with Crippen LogP contribution in [0.15, 0.2) is 36.9 Å². The van der Waals surface area contributed by atoms with E-state index in [1.807, 2.05) is 31.2 Å². The van der Waals surface area contributed by atoms with Crippen LogP contribution in [-0.4, -0.2) is 18.3 Å². The van der Waals surface area contributed by atoms with Gasteiger partial charge in [-0.1, -0.05) is 12.7 Å². The summed E-state index contributed by atoms with van der Waals surface area (Å²) in [5.41, 5.74) is 0.942. The van der Waals surface area contributed by atoms with Gasteiger partial charge in [0.15, 0.2) is 5.11 Å². The third kappa shape index (κ3) is 4.31. The van der Waals surface area contributed by atoms with Crippen LogP contribution in [0.4, 0.5) is 5.69 Å². The standard InChI is InChI=1S/C12H16N2OS/c1-3-9-15-11-7-5-10(6-8-11)14-12(16)13-4-2/h3,5-8H,1,4,9H2,2H3,(H2,13,14,16). The van der Waals surface area contributed by atoms with E-state index in [-0.39, 0.29) is 0 Å². The van der Waals surface area contributed by atoms with E-state index in [1.54, 1.807) is 6.08 Å². The van der Waals surface area contributed by atoms with Crippen molar-refractivity contribution >= 4 is 23.0 Å². The van der Waals surface area contributed by atoms with E-state index in [0.29, 0.717) is 11.7 Å². The van der Waals surface area contributed by atoms with E-state index in [9.17, 15) is 0 Å². The van der Waals surface area contributed by atoms with Crippen LogP contribution >= 0.6 is 12.2 Å². The molecule has 16 heavy (non-hydrogen) atoms. The lowest BCUT2D eigenvalue weighted by Gasteiger charge is -2.09. The van der Waals surface area contributed by atoms with E-state index in [1.165, 1.54) is 0 Å². The van der Waals surface area contributed by atoms with Gasteiger partial charge in [-0.05, 0) is 43.4 Å². The maximum absolute atomic E-state index is 5.37. The van der Waals surface area contributed by atoms with Gasteiger partial charge in [0.25, 0.3) is 0 Å². The molecule has 1 rings (SSSR count). The normalized spacial score (nSPS) is 9.31. The van der Waals surface area contributed by atoms with Crippen molar-refractivity contribution in [2.75, 3.05) is 18.5 Å². The minimum absolute atomic E-state index is 0.516. The van der Waals surface area contributed by atoms with Gasteiger partial charge < -0.3 is 15.4 Å². The quantitative estimate of drug-likeness (QED) is 0.608. The maximum atomic E-state index is 5.37. The molecular weight excluding hydrogens is 220 g/mol. The number of hydrogen-bond donors (Lipinski definition) is 2. The molecule has 0 unspecified atom stereocenters. The molecule has 0 radical (unpaired) electrons. The summed E-state index contributed by atoms with van der Waals surface area (Å²) < 4.78 is 5.37.